The highest BCUT2D eigenvalue weighted by Gasteiger charge is 2.22. The molecule has 1 aromatic rings. The maximum Gasteiger partial charge on any atom is 0.0477 e. The first kappa shape index (κ1) is 15.7. The first-order valence-corrected chi connectivity index (χ1v) is 8.88. The Morgan fingerprint density at radius 2 is 1.95 bits per heavy atom. The fourth-order valence-corrected chi connectivity index (χ4v) is 4.11. The molecular weight excluding hydrogens is 270 g/mol. The summed E-state index contributed by atoms with van der Waals surface area (Å²) in [5.41, 5.74) is 8.63. The maximum atomic E-state index is 12.3. The second-order valence-corrected chi connectivity index (χ2v) is 7.22. The van der Waals surface area contributed by atoms with Crippen LogP contribution in [-0.4, -0.2) is 28.4 Å². The Balaban J connectivity index is 1.89. The highest BCUT2D eigenvalue weighted by Crippen LogP contribution is 2.19. The van der Waals surface area contributed by atoms with Crippen molar-refractivity contribution >= 4 is 10.8 Å². The molecule has 0 radical (unpaired) electrons. The van der Waals surface area contributed by atoms with Crippen LogP contribution in [0.1, 0.15) is 43.4 Å². The molecule has 0 spiro atoms. The number of aryl methyl sites for hydroxylation is 1. The van der Waals surface area contributed by atoms with Gasteiger partial charge in [0.2, 0.25) is 0 Å². The minimum atomic E-state index is -0.851. The summed E-state index contributed by atoms with van der Waals surface area (Å²) in [4.78, 5) is 0. The van der Waals surface area contributed by atoms with Crippen molar-refractivity contribution in [3.8, 4) is 0 Å². The Bertz CT molecular complexity index is 427. The maximum absolute atomic E-state index is 12.3. The number of ether oxygens (including phenoxy) is 1. The van der Waals surface area contributed by atoms with Gasteiger partial charge in [-0.15, -0.1) is 0 Å². The van der Waals surface area contributed by atoms with Crippen LogP contribution in [0.4, 0.5) is 0 Å². The fourth-order valence-electron chi connectivity index (χ4n) is 2.57. The minimum Gasteiger partial charge on any atom is -0.381 e. The van der Waals surface area contributed by atoms with Crippen LogP contribution in [0.25, 0.3) is 0 Å². The van der Waals surface area contributed by atoms with E-state index in [1.54, 1.807) is 0 Å². The molecule has 1 fully saturated rings. The minimum absolute atomic E-state index is 0.130. The number of nitrogens with two attached hydrogens (primary N) is 1. The van der Waals surface area contributed by atoms with Crippen molar-refractivity contribution in [2.75, 3.05) is 19.0 Å². The van der Waals surface area contributed by atoms with Gasteiger partial charge >= 0.3 is 0 Å². The van der Waals surface area contributed by atoms with Crippen molar-refractivity contribution in [2.24, 2.45) is 5.73 Å². The Kier molecular flexibility index (Phi) is 6.20. The fraction of sp³-hybridized carbons (Fsp3) is 0.625. The van der Waals surface area contributed by atoms with Crippen LogP contribution < -0.4 is 5.73 Å². The average Bonchev–Trinajstić information content (AvgIpc) is 2.49. The van der Waals surface area contributed by atoms with E-state index in [2.05, 4.69) is 31.2 Å². The second-order valence-electron chi connectivity index (χ2n) is 5.46. The molecule has 1 aliphatic heterocycles. The van der Waals surface area contributed by atoms with Crippen LogP contribution in [0.15, 0.2) is 24.3 Å². The van der Waals surface area contributed by atoms with Gasteiger partial charge in [0.1, 0.15) is 0 Å². The average molecular weight is 295 g/mol. The first-order chi connectivity index (χ1) is 9.70. The third kappa shape index (κ3) is 4.40. The van der Waals surface area contributed by atoms with Crippen LogP contribution in [0.3, 0.4) is 0 Å². The van der Waals surface area contributed by atoms with Crippen LogP contribution in [-0.2, 0) is 22.0 Å². The SMILES string of the molecule is CCCc1ccc(C(N)CS(=O)C2CCOCC2)cc1. The summed E-state index contributed by atoms with van der Waals surface area (Å²) in [7, 11) is -0.851. The zero-order chi connectivity index (χ0) is 14.4. The molecule has 112 valence electrons. The van der Waals surface area contributed by atoms with Crippen molar-refractivity contribution < 1.29 is 8.95 Å². The Hall–Kier alpha value is -0.710. The highest BCUT2D eigenvalue weighted by atomic mass is 32.2. The van der Waals surface area contributed by atoms with E-state index in [-0.39, 0.29) is 11.3 Å². The lowest BCUT2D eigenvalue weighted by Crippen LogP contribution is -2.30. The Morgan fingerprint density at radius 3 is 2.55 bits per heavy atom. The van der Waals surface area contributed by atoms with Gasteiger partial charge in [0, 0.05) is 41.1 Å². The molecule has 1 saturated heterocycles. The van der Waals surface area contributed by atoms with Crippen LogP contribution in [0.5, 0.6) is 0 Å². The summed E-state index contributed by atoms with van der Waals surface area (Å²) in [6.45, 7) is 3.64. The molecule has 1 aromatic carbocycles. The van der Waals surface area contributed by atoms with Crippen molar-refractivity contribution in [2.45, 2.75) is 43.9 Å². The van der Waals surface area contributed by atoms with E-state index < -0.39 is 10.8 Å². The Labute approximate surface area is 124 Å². The normalized spacial score (nSPS) is 19.7. The molecular formula is C16H25NO2S. The molecule has 0 bridgehead atoms. The van der Waals surface area contributed by atoms with Crippen LogP contribution in [0.2, 0.25) is 0 Å². The van der Waals surface area contributed by atoms with Gasteiger partial charge in [-0.25, -0.2) is 0 Å². The number of rotatable bonds is 6. The van der Waals surface area contributed by atoms with E-state index in [4.69, 9.17) is 10.5 Å². The van der Waals surface area contributed by atoms with Gasteiger partial charge in [-0.05, 0) is 30.4 Å². The predicted molar refractivity (Wildman–Crippen MR) is 84.2 cm³/mol. The molecule has 1 aliphatic rings. The first-order valence-electron chi connectivity index (χ1n) is 7.50. The van der Waals surface area contributed by atoms with Crippen LogP contribution >= 0.6 is 0 Å². The van der Waals surface area contributed by atoms with Gasteiger partial charge in [-0.3, -0.25) is 4.21 Å². The third-order valence-corrected chi connectivity index (χ3v) is 5.73. The molecule has 2 rings (SSSR count). The van der Waals surface area contributed by atoms with Gasteiger partial charge in [0.05, 0.1) is 0 Å². The zero-order valence-electron chi connectivity index (χ0n) is 12.2. The van der Waals surface area contributed by atoms with Crippen LogP contribution in [0, 0.1) is 0 Å². The van der Waals surface area contributed by atoms with E-state index in [1.807, 2.05) is 0 Å². The molecule has 1 heterocycles. The van der Waals surface area contributed by atoms with Crippen molar-refractivity contribution in [1.82, 2.24) is 0 Å². The molecule has 0 saturated carbocycles. The molecule has 4 heteroatoms. The standard InChI is InChI=1S/C16H25NO2S/c1-2-3-13-4-6-14(7-5-13)16(17)12-20(18)15-8-10-19-11-9-15/h4-7,15-16H,2-3,8-12,17H2,1H3. The molecule has 0 amide bonds. The van der Waals surface area contributed by atoms with E-state index in [9.17, 15) is 4.21 Å². The summed E-state index contributed by atoms with van der Waals surface area (Å²) in [6, 6.07) is 8.30. The number of hydrogen-bond donors (Lipinski definition) is 1. The quantitative estimate of drug-likeness (QED) is 0.877. The molecule has 20 heavy (non-hydrogen) atoms. The van der Waals surface area contributed by atoms with E-state index in [1.165, 1.54) is 5.56 Å². The lowest BCUT2D eigenvalue weighted by molar-refractivity contribution is 0.0992. The summed E-state index contributed by atoms with van der Waals surface area (Å²) < 4.78 is 17.6. The summed E-state index contributed by atoms with van der Waals surface area (Å²) >= 11 is 0. The van der Waals surface area contributed by atoms with Crippen molar-refractivity contribution in [3.63, 3.8) is 0 Å². The topological polar surface area (TPSA) is 52.3 Å². The lowest BCUT2D eigenvalue weighted by Gasteiger charge is -2.23. The molecule has 3 nitrogen and oxygen atoms in total. The zero-order valence-corrected chi connectivity index (χ0v) is 13.0. The smallest absolute Gasteiger partial charge is 0.0477 e. The molecule has 2 N–H and O–H groups in total. The molecule has 2 unspecified atom stereocenters. The lowest BCUT2D eigenvalue weighted by atomic mass is 10.0. The van der Waals surface area contributed by atoms with Crippen molar-refractivity contribution in [3.05, 3.63) is 35.4 Å². The molecule has 0 aliphatic carbocycles. The van der Waals surface area contributed by atoms with E-state index in [0.717, 1.165) is 44.5 Å². The molecule has 0 aromatic heterocycles. The summed E-state index contributed by atoms with van der Waals surface area (Å²) in [6.07, 6.45) is 4.05. The summed E-state index contributed by atoms with van der Waals surface area (Å²) in [5, 5.41) is 0.258. The van der Waals surface area contributed by atoms with Gasteiger partial charge < -0.3 is 10.5 Å². The van der Waals surface area contributed by atoms with E-state index in [0.29, 0.717) is 5.75 Å². The van der Waals surface area contributed by atoms with Gasteiger partial charge in [0.15, 0.2) is 0 Å². The number of benzene rings is 1. The van der Waals surface area contributed by atoms with E-state index >= 15 is 0 Å². The largest absolute Gasteiger partial charge is 0.381 e. The van der Waals surface area contributed by atoms with Crippen molar-refractivity contribution in [1.29, 1.82) is 0 Å². The summed E-state index contributed by atoms with van der Waals surface area (Å²) in [5.74, 6) is 0.553. The van der Waals surface area contributed by atoms with Gasteiger partial charge in [-0.2, -0.15) is 0 Å². The van der Waals surface area contributed by atoms with Gasteiger partial charge in [-0.1, -0.05) is 37.6 Å². The highest BCUT2D eigenvalue weighted by molar-refractivity contribution is 7.85. The third-order valence-electron chi connectivity index (χ3n) is 3.83. The van der Waals surface area contributed by atoms with Gasteiger partial charge in [0.25, 0.3) is 0 Å². The number of hydrogen-bond acceptors (Lipinski definition) is 3. The molecule has 2 atom stereocenters. The monoisotopic (exact) mass is 295 g/mol. The second kappa shape index (κ2) is 7.91. The Morgan fingerprint density at radius 1 is 1.30 bits per heavy atom. The predicted octanol–water partition coefficient (Wildman–Crippen LogP) is 2.57.